The molecule has 0 aromatic heterocycles. The molecule has 3 rings (SSSR count). The average molecular weight is 430 g/mol. The van der Waals surface area contributed by atoms with E-state index in [9.17, 15) is 29.3 Å². The van der Waals surface area contributed by atoms with E-state index in [1.165, 1.54) is 12.1 Å². The van der Waals surface area contributed by atoms with Gasteiger partial charge in [0.05, 0.1) is 16.1 Å². The summed E-state index contributed by atoms with van der Waals surface area (Å²) >= 11 is 0. The molecule has 2 aliphatic rings. The fourth-order valence-electron chi connectivity index (χ4n) is 3.90. The van der Waals surface area contributed by atoms with Gasteiger partial charge in [-0.3, -0.25) is 34.2 Å². The Kier molecular flexibility index (Phi) is 6.67. The van der Waals surface area contributed by atoms with Crippen LogP contribution in [0.5, 0.6) is 0 Å². The van der Waals surface area contributed by atoms with Crippen LogP contribution in [-0.4, -0.2) is 64.0 Å². The molecule has 1 saturated heterocycles. The molecule has 0 atom stereocenters. The summed E-state index contributed by atoms with van der Waals surface area (Å²) < 4.78 is 0. The number of nitro groups is 1. The van der Waals surface area contributed by atoms with Gasteiger partial charge in [0.1, 0.15) is 0 Å². The number of rotatable bonds is 7. The van der Waals surface area contributed by atoms with Crippen LogP contribution in [0.1, 0.15) is 60.2 Å². The van der Waals surface area contributed by atoms with Gasteiger partial charge in [0.2, 0.25) is 11.8 Å². The summed E-state index contributed by atoms with van der Waals surface area (Å²) in [5.74, 6) is -1.17. The molecule has 0 unspecified atom stereocenters. The van der Waals surface area contributed by atoms with Crippen molar-refractivity contribution in [1.29, 1.82) is 0 Å². The fraction of sp³-hybridized carbons (Fsp3) is 0.524. The van der Waals surface area contributed by atoms with Crippen molar-refractivity contribution in [3.05, 3.63) is 39.4 Å². The molecule has 10 nitrogen and oxygen atoms in total. The van der Waals surface area contributed by atoms with Crippen molar-refractivity contribution in [2.75, 3.05) is 19.6 Å². The first-order valence-electron chi connectivity index (χ1n) is 10.4. The summed E-state index contributed by atoms with van der Waals surface area (Å²) in [6, 6.07) is 3.60. The van der Waals surface area contributed by atoms with Gasteiger partial charge in [0, 0.05) is 50.1 Å². The van der Waals surface area contributed by atoms with Crippen molar-refractivity contribution in [2.45, 2.75) is 45.6 Å². The first-order chi connectivity index (χ1) is 14.7. The number of imide groups is 1. The van der Waals surface area contributed by atoms with Crippen LogP contribution in [-0.2, 0) is 9.59 Å². The van der Waals surface area contributed by atoms with E-state index in [2.05, 4.69) is 5.32 Å². The minimum absolute atomic E-state index is 0.00330. The molecule has 1 aromatic carbocycles. The highest BCUT2D eigenvalue weighted by Crippen LogP contribution is 2.27. The minimum atomic E-state index is -0.617. The Bertz CT molecular complexity index is 920. The molecule has 0 radical (unpaired) electrons. The van der Waals surface area contributed by atoms with E-state index in [4.69, 9.17) is 0 Å². The summed E-state index contributed by atoms with van der Waals surface area (Å²) in [5, 5.41) is 13.8. The number of likely N-dealkylation sites (tertiary alicyclic amines) is 1. The second-order valence-electron chi connectivity index (χ2n) is 8.17. The van der Waals surface area contributed by atoms with Crippen molar-refractivity contribution in [1.82, 2.24) is 15.1 Å². The van der Waals surface area contributed by atoms with Crippen molar-refractivity contribution >= 4 is 29.3 Å². The summed E-state index contributed by atoms with van der Waals surface area (Å²) in [6.07, 6.45) is 1.84. The maximum Gasteiger partial charge on any atom is 0.270 e. The van der Waals surface area contributed by atoms with Crippen molar-refractivity contribution in [2.24, 2.45) is 5.92 Å². The molecule has 10 heteroatoms. The van der Waals surface area contributed by atoms with E-state index in [0.29, 0.717) is 32.4 Å². The number of piperidine rings is 1. The Labute approximate surface area is 179 Å². The lowest BCUT2D eigenvalue weighted by Gasteiger charge is -2.33. The van der Waals surface area contributed by atoms with Crippen LogP contribution < -0.4 is 5.32 Å². The molecule has 0 saturated carbocycles. The van der Waals surface area contributed by atoms with Gasteiger partial charge < -0.3 is 10.2 Å². The van der Waals surface area contributed by atoms with Gasteiger partial charge in [-0.05, 0) is 25.3 Å². The summed E-state index contributed by atoms with van der Waals surface area (Å²) in [4.78, 5) is 62.3. The van der Waals surface area contributed by atoms with Crippen LogP contribution in [0.2, 0.25) is 0 Å². The highest BCUT2D eigenvalue weighted by Gasteiger charge is 2.36. The number of hydrogen-bond donors (Lipinski definition) is 1. The largest absolute Gasteiger partial charge is 0.353 e. The quantitative estimate of drug-likeness (QED) is 0.398. The van der Waals surface area contributed by atoms with E-state index in [1.807, 2.05) is 18.7 Å². The van der Waals surface area contributed by atoms with Crippen LogP contribution >= 0.6 is 0 Å². The van der Waals surface area contributed by atoms with Crippen LogP contribution in [0.4, 0.5) is 5.69 Å². The molecule has 0 aliphatic carbocycles. The van der Waals surface area contributed by atoms with Gasteiger partial charge in [-0.2, -0.15) is 0 Å². The van der Waals surface area contributed by atoms with E-state index < -0.39 is 16.7 Å². The molecule has 1 N–H and O–H groups in total. The molecule has 2 aliphatic heterocycles. The average Bonchev–Trinajstić information content (AvgIpc) is 2.98. The van der Waals surface area contributed by atoms with Crippen LogP contribution in [0.25, 0.3) is 0 Å². The van der Waals surface area contributed by atoms with E-state index in [0.717, 1.165) is 11.0 Å². The van der Waals surface area contributed by atoms with Crippen LogP contribution in [0.15, 0.2) is 18.2 Å². The van der Waals surface area contributed by atoms with E-state index in [1.54, 1.807) is 0 Å². The predicted octanol–water partition coefficient (Wildman–Crippen LogP) is 1.73. The summed E-state index contributed by atoms with van der Waals surface area (Å²) in [7, 11) is 0. The molecule has 4 amide bonds. The highest BCUT2D eigenvalue weighted by atomic mass is 16.6. The van der Waals surface area contributed by atoms with E-state index >= 15 is 0 Å². The molecular weight excluding hydrogens is 404 g/mol. The van der Waals surface area contributed by atoms with Gasteiger partial charge in [-0.25, -0.2) is 0 Å². The zero-order valence-corrected chi connectivity index (χ0v) is 17.6. The maximum absolute atomic E-state index is 12.5. The summed E-state index contributed by atoms with van der Waals surface area (Å²) in [6.45, 7) is 5.03. The van der Waals surface area contributed by atoms with Gasteiger partial charge in [-0.1, -0.05) is 13.8 Å². The number of nitrogens with zero attached hydrogens (tertiary/aromatic N) is 3. The summed E-state index contributed by atoms with van der Waals surface area (Å²) in [5.41, 5.74) is -0.0867. The normalized spacial score (nSPS) is 16.6. The molecule has 0 bridgehead atoms. The molecule has 2 heterocycles. The molecule has 166 valence electrons. The molecule has 0 spiro atoms. The Balaban J connectivity index is 1.45. The number of nitrogens with one attached hydrogen (secondary N) is 1. The first-order valence-corrected chi connectivity index (χ1v) is 10.4. The van der Waals surface area contributed by atoms with Gasteiger partial charge in [0.25, 0.3) is 17.5 Å². The fourth-order valence-corrected chi connectivity index (χ4v) is 3.90. The number of benzene rings is 1. The molecule has 1 fully saturated rings. The number of fused-ring (bicyclic) bond motifs is 1. The third-order valence-electron chi connectivity index (χ3n) is 5.62. The number of amides is 4. The lowest BCUT2D eigenvalue weighted by Crippen LogP contribution is -2.47. The number of non-ortho nitro benzene ring substituents is 1. The number of carbonyl (C=O) groups excluding carboxylic acids is 4. The number of hydrogen-bond acceptors (Lipinski definition) is 6. The Morgan fingerprint density at radius 3 is 2.42 bits per heavy atom. The second kappa shape index (κ2) is 9.23. The zero-order valence-electron chi connectivity index (χ0n) is 17.6. The maximum atomic E-state index is 12.5. The van der Waals surface area contributed by atoms with Gasteiger partial charge in [0.15, 0.2) is 0 Å². The monoisotopic (exact) mass is 430 g/mol. The lowest BCUT2D eigenvalue weighted by atomic mass is 10.0. The van der Waals surface area contributed by atoms with Crippen molar-refractivity contribution in [3.63, 3.8) is 0 Å². The molecule has 1 aromatic rings. The smallest absolute Gasteiger partial charge is 0.270 e. The minimum Gasteiger partial charge on any atom is -0.353 e. The topological polar surface area (TPSA) is 130 Å². The molecule has 31 heavy (non-hydrogen) atoms. The Morgan fingerprint density at radius 2 is 1.81 bits per heavy atom. The number of nitro benzene ring substituents is 1. The predicted molar refractivity (Wildman–Crippen MR) is 110 cm³/mol. The Hall–Kier alpha value is -3.30. The van der Waals surface area contributed by atoms with Crippen molar-refractivity contribution < 1.29 is 24.1 Å². The third kappa shape index (κ3) is 4.89. The lowest BCUT2D eigenvalue weighted by molar-refractivity contribution is -0.384. The van der Waals surface area contributed by atoms with Gasteiger partial charge in [-0.15, -0.1) is 0 Å². The molecular formula is C21H26N4O6. The standard InChI is InChI=1S/C21H26N4O6/c1-13(2)19(27)23-10-7-14(8-11-23)22-18(26)4-3-9-24-20(28)16-6-5-15(25(30)31)12-17(16)21(24)29/h5-6,12-14H,3-4,7-11H2,1-2H3,(H,22,26). The van der Waals surface area contributed by atoms with Gasteiger partial charge >= 0.3 is 0 Å². The first kappa shape index (κ1) is 22.4. The van der Waals surface area contributed by atoms with Crippen molar-refractivity contribution in [3.8, 4) is 0 Å². The second-order valence-corrected chi connectivity index (χ2v) is 8.17. The van der Waals surface area contributed by atoms with Crippen LogP contribution in [0.3, 0.4) is 0 Å². The Morgan fingerprint density at radius 1 is 1.16 bits per heavy atom. The number of carbonyl (C=O) groups is 4. The van der Waals surface area contributed by atoms with E-state index in [-0.39, 0.29) is 53.6 Å². The highest BCUT2D eigenvalue weighted by molar-refractivity contribution is 6.21. The zero-order chi connectivity index (χ0) is 22.7. The third-order valence-corrected chi connectivity index (χ3v) is 5.62. The SMILES string of the molecule is CC(C)C(=O)N1CCC(NC(=O)CCCN2C(=O)c3ccc([N+](=O)[O-])cc3C2=O)CC1. The van der Waals surface area contributed by atoms with Crippen LogP contribution in [0, 0.1) is 16.0 Å².